The normalized spacial score (nSPS) is 14.8. The van der Waals surface area contributed by atoms with Gasteiger partial charge in [-0.05, 0) is 47.0 Å². The molecule has 2 N–H and O–H groups in total. The summed E-state index contributed by atoms with van der Waals surface area (Å²) in [6, 6.07) is 25.5. The third-order valence-electron chi connectivity index (χ3n) is 6.92. The van der Waals surface area contributed by atoms with Crippen molar-refractivity contribution in [3.05, 3.63) is 107 Å². The Morgan fingerprint density at radius 2 is 1.86 bits per heavy atom. The van der Waals surface area contributed by atoms with Crippen molar-refractivity contribution in [1.82, 2.24) is 20.4 Å². The maximum Gasteiger partial charge on any atom is 0.269 e. The van der Waals surface area contributed by atoms with E-state index in [1.807, 2.05) is 71.6 Å². The van der Waals surface area contributed by atoms with Gasteiger partial charge in [0.25, 0.3) is 11.8 Å². The highest BCUT2D eigenvalue weighted by atomic mass is 16.5. The van der Waals surface area contributed by atoms with Crippen molar-refractivity contribution in [1.29, 1.82) is 0 Å². The Labute approximate surface area is 209 Å². The minimum atomic E-state index is -0.227. The highest BCUT2D eigenvalue weighted by Gasteiger charge is 2.29. The first kappa shape index (κ1) is 22.1. The first-order valence-electron chi connectivity index (χ1n) is 12.2. The van der Waals surface area contributed by atoms with Crippen molar-refractivity contribution in [2.75, 3.05) is 19.7 Å². The van der Waals surface area contributed by atoms with Gasteiger partial charge >= 0.3 is 0 Å². The molecule has 1 unspecified atom stereocenters. The van der Waals surface area contributed by atoms with Gasteiger partial charge in [-0.15, -0.1) is 0 Å². The first-order valence-corrected chi connectivity index (χ1v) is 12.2. The molecule has 0 saturated heterocycles. The first-order chi connectivity index (χ1) is 17.7. The average molecular weight is 479 g/mol. The van der Waals surface area contributed by atoms with Crippen molar-refractivity contribution < 1.29 is 14.3 Å². The number of ether oxygens (including phenoxy) is 1. The summed E-state index contributed by atoms with van der Waals surface area (Å²) in [6.07, 6.45) is 0.881. The molecular weight excluding hydrogens is 452 g/mol. The molecule has 1 atom stereocenters. The van der Waals surface area contributed by atoms with E-state index in [1.54, 1.807) is 6.07 Å². The number of rotatable bonds is 7. The molecule has 1 aromatic heterocycles. The number of nitrogens with one attached hydrogen (secondary N) is 2. The number of carbonyl (C=O) groups excluding carboxylic acids is 2. The second-order valence-corrected chi connectivity index (χ2v) is 9.25. The highest BCUT2D eigenvalue weighted by molar-refractivity contribution is 5.98. The van der Waals surface area contributed by atoms with E-state index in [0.29, 0.717) is 31.9 Å². The maximum absolute atomic E-state index is 13.0. The van der Waals surface area contributed by atoms with Crippen molar-refractivity contribution in [3.63, 3.8) is 0 Å². The number of carbonyl (C=O) groups is 2. The molecule has 7 heteroatoms. The number of fused-ring (bicyclic) bond motifs is 2. The Hall–Kier alpha value is -4.39. The zero-order chi connectivity index (χ0) is 24.5. The zero-order valence-electron chi connectivity index (χ0n) is 19.7. The molecular formula is C29H26N4O3. The molecule has 36 heavy (non-hydrogen) atoms. The van der Waals surface area contributed by atoms with Crippen LogP contribution in [0.1, 0.15) is 43.5 Å². The number of hydrogen-bond acceptors (Lipinski definition) is 4. The van der Waals surface area contributed by atoms with Crippen molar-refractivity contribution in [3.8, 4) is 17.0 Å². The summed E-state index contributed by atoms with van der Waals surface area (Å²) in [5, 5.41) is 10.3. The van der Waals surface area contributed by atoms with E-state index in [9.17, 15) is 9.59 Å². The predicted octanol–water partition coefficient (Wildman–Crippen LogP) is 4.18. The van der Waals surface area contributed by atoms with Gasteiger partial charge in [0, 0.05) is 43.1 Å². The smallest absolute Gasteiger partial charge is 0.269 e. The SMILES string of the molecule is O=C(NCC(CN1Cc2ccccc2C1=O)c1ccccc1)c1cc(-c2ccc3c(c2)CCO3)n[nH]1. The van der Waals surface area contributed by atoms with E-state index in [-0.39, 0.29) is 17.7 Å². The predicted molar refractivity (Wildman–Crippen MR) is 136 cm³/mol. The number of benzene rings is 3. The lowest BCUT2D eigenvalue weighted by molar-refractivity contribution is 0.0767. The van der Waals surface area contributed by atoms with Gasteiger partial charge in [0.15, 0.2) is 0 Å². The monoisotopic (exact) mass is 478 g/mol. The maximum atomic E-state index is 13.0. The lowest BCUT2D eigenvalue weighted by atomic mass is 9.98. The van der Waals surface area contributed by atoms with Gasteiger partial charge in [0.05, 0.1) is 12.3 Å². The van der Waals surface area contributed by atoms with Crippen LogP contribution < -0.4 is 10.1 Å². The van der Waals surface area contributed by atoms with Crippen LogP contribution in [0.25, 0.3) is 11.3 Å². The molecule has 3 aromatic carbocycles. The number of amides is 2. The van der Waals surface area contributed by atoms with Gasteiger partial charge in [0.2, 0.25) is 0 Å². The van der Waals surface area contributed by atoms with Crippen LogP contribution in [0.2, 0.25) is 0 Å². The molecule has 0 saturated carbocycles. The van der Waals surface area contributed by atoms with E-state index < -0.39 is 0 Å². The third-order valence-corrected chi connectivity index (χ3v) is 6.92. The quantitative estimate of drug-likeness (QED) is 0.417. The second-order valence-electron chi connectivity index (χ2n) is 9.25. The minimum absolute atomic E-state index is 0.0378. The Kier molecular flexibility index (Phi) is 5.73. The molecule has 2 aliphatic rings. The summed E-state index contributed by atoms with van der Waals surface area (Å²) in [6.45, 7) is 2.20. The van der Waals surface area contributed by atoms with Gasteiger partial charge in [-0.1, -0.05) is 48.5 Å². The topological polar surface area (TPSA) is 87.3 Å². The van der Waals surface area contributed by atoms with E-state index in [1.165, 1.54) is 0 Å². The molecule has 3 heterocycles. The molecule has 0 aliphatic carbocycles. The summed E-state index contributed by atoms with van der Waals surface area (Å²) >= 11 is 0. The van der Waals surface area contributed by atoms with Crippen LogP contribution in [0.15, 0.2) is 78.9 Å². The van der Waals surface area contributed by atoms with Crippen LogP contribution in [-0.2, 0) is 13.0 Å². The summed E-state index contributed by atoms with van der Waals surface area (Å²) in [5.41, 5.74) is 6.10. The fourth-order valence-corrected chi connectivity index (χ4v) is 4.98. The lowest BCUT2D eigenvalue weighted by Crippen LogP contribution is -2.36. The van der Waals surface area contributed by atoms with E-state index in [4.69, 9.17) is 4.74 Å². The van der Waals surface area contributed by atoms with Crippen molar-refractivity contribution in [2.24, 2.45) is 0 Å². The van der Waals surface area contributed by atoms with Gasteiger partial charge < -0.3 is 15.0 Å². The van der Waals surface area contributed by atoms with Crippen LogP contribution in [-0.4, -0.2) is 46.6 Å². The Morgan fingerprint density at radius 3 is 2.72 bits per heavy atom. The Balaban J connectivity index is 1.15. The summed E-state index contributed by atoms with van der Waals surface area (Å²) < 4.78 is 5.58. The van der Waals surface area contributed by atoms with Crippen LogP contribution in [0, 0.1) is 0 Å². The third kappa shape index (κ3) is 4.24. The standard InChI is InChI=1S/C29H26N4O3/c34-28(26-15-25(31-32-26)20-10-11-27-21(14-20)12-13-36-27)30-16-23(19-6-2-1-3-7-19)18-33-17-22-8-4-5-9-24(22)29(33)35/h1-11,14-15,23H,12-13,16-18H2,(H,30,34)(H,31,32). The molecule has 0 fully saturated rings. The van der Waals surface area contributed by atoms with E-state index in [2.05, 4.69) is 21.6 Å². The van der Waals surface area contributed by atoms with Crippen molar-refractivity contribution in [2.45, 2.75) is 18.9 Å². The van der Waals surface area contributed by atoms with E-state index >= 15 is 0 Å². The van der Waals surface area contributed by atoms with Crippen LogP contribution in [0.5, 0.6) is 5.75 Å². The van der Waals surface area contributed by atoms with Crippen LogP contribution >= 0.6 is 0 Å². The summed E-state index contributed by atoms with van der Waals surface area (Å²) in [4.78, 5) is 27.8. The largest absolute Gasteiger partial charge is 0.493 e. The molecule has 7 nitrogen and oxygen atoms in total. The molecule has 180 valence electrons. The van der Waals surface area contributed by atoms with Gasteiger partial charge in [0.1, 0.15) is 11.4 Å². The fourth-order valence-electron chi connectivity index (χ4n) is 4.98. The number of aromatic nitrogens is 2. The number of H-pyrrole nitrogens is 1. The average Bonchev–Trinajstić information content (AvgIpc) is 3.66. The molecule has 0 radical (unpaired) electrons. The summed E-state index contributed by atoms with van der Waals surface area (Å²) in [7, 11) is 0. The summed E-state index contributed by atoms with van der Waals surface area (Å²) in [5.74, 6) is 0.678. The molecule has 2 amide bonds. The highest BCUT2D eigenvalue weighted by Crippen LogP contribution is 2.30. The van der Waals surface area contributed by atoms with Crippen molar-refractivity contribution >= 4 is 11.8 Å². The fraction of sp³-hybridized carbons (Fsp3) is 0.207. The second kappa shape index (κ2) is 9.34. The Bertz CT molecular complexity index is 1430. The van der Waals surface area contributed by atoms with Crippen LogP contribution in [0.4, 0.5) is 0 Å². The molecule has 0 bridgehead atoms. The number of hydrogen-bond donors (Lipinski definition) is 2. The molecule has 4 aromatic rings. The number of aromatic amines is 1. The van der Waals surface area contributed by atoms with E-state index in [0.717, 1.165) is 45.7 Å². The Morgan fingerprint density at radius 1 is 1.03 bits per heavy atom. The minimum Gasteiger partial charge on any atom is -0.493 e. The van der Waals surface area contributed by atoms with Crippen LogP contribution in [0.3, 0.4) is 0 Å². The number of nitrogens with zero attached hydrogens (tertiary/aromatic N) is 2. The molecule has 6 rings (SSSR count). The van der Waals surface area contributed by atoms with Gasteiger partial charge in [-0.3, -0.25) is 14.7 Å². The molecule has 2 aliphatic heterocycles. The van der Waals surface area contributed by atoms with Gasteiger partial charge in [-0.25, -0.2) is 0 Å². The van der Waals surface area contributed by atoms with Gasteiger partial charge in [-0.2, -0.15) is 5.10 Å². The zero-order valence-corrected chi connectivity index (χ0v) is 19.7. The molecule has 0 spiro atoms. The lowest BCUT2D eigenvalue weighted by Gasteiger charge is -2.24.